The molecule has 0 saturated heterocycles. The predicted octanol–water partition coefficient (Wildman–Crippen LogP) is 2.65. The smallest absolute Gasteiger partial charge is 0.326 e. The highest BCUT2D eigenvalue weighted by Crippen LogP contribution is 2.20. The SMILES string of the molecule is CC(=O)NCCN(CCCCc1ccc2c(n1)CCCC2)CC[C@H](Nc1cc(-n2cccn2)ncn1)C(=O)O. The van der Waals surface area contributed by atoms with Crippen molar-refractivity contribution in [1.29, 1.82) is 0 Å². The van der Waals surface area contributed by atoms with Crippen molar-refractivity contribution in [2.45, 2.75) is 64.3 Å². The number of amides is 1. The zero-order chi connectivity index (χ0) is 27.5. The molecule has 1 aliphatic rings. The molecule has 0 spiro atoms. The first-order valence-electron chi connectivity index (χ1n) is 13.7. The number of fused-ring (bicyclic) bond motifs is 1. The summed E-state index contributed by atoms with van der Waals surface area (Å²) in [4.78, 5) is 38.9. The molecule has 3 N–H and O–H groups in total. The quantitative estimate of drug-likeness (QED) is 0.251. The van der Waals surface area contributed by atoms with Crippen molar-refractivity contribution >= 4 is 17.7 Å². The monoisotopic (exact) mass is 534 g/mol. The molecule has 0 aromatic carbocycles. The molecule has 0 aliphatic heterocycles. The fourth-order valence-corrected chi connectivity index (χ4v) is 4.84. The molecule has 0 radical (unpaired) electrons. The van der Waals surface area contributed by atoms with Crippen molar-refractivity contribution in [2.24, 2.45) is 0 Å². The lowest BCUT2D eigenvalue weighted by Gasteiger charge is -2.24. The summed E-state index contributed by atoms with van der Waals surface area (Å²) in [5.74, 6) is -0.0537. The number of hydrogen-bond donors (Lipinski definition) is 3. The van der Waals surface area contributed by atoms with Gasteiger partial charge in [-0.05, 0) is 75.6 Å². The Labute approximate surface area is 229 Å². The lowest BCUT2D eigenvalue weighted by molar-refractivity contribution is -0.138. The number of nitrogens with zero attached hydrogens (tertiary/aromatic N) is 6. The number of aromatic nitrogens is 5. The number of anilines is 1. The van der Waals surface area contributed by atoms with E-state index < -0.39 is 12.0 Å². The second kappa shape index (κ2) is 14.3. The first-order valence-corrected chi connectivity index (χ1v) is 13.7. The fourth-order valence-electron chi connectivity index (χ4n) is 4.84. The average Bonchev–Trinajstić information content (AvgIpc) is 3.48. The van der Waals surface area contributed by atoms with Gasteiger partial charge < -0.3 is 20.6 Å². The first-order chi connectivity index (χ1) is 19.0. The Morgan fingerprint density at radius 1 is 1.13 bits per heavy atom. The highest BCUT2D eigenvalue weighted by atomic mass is 16.4. The van der Waals surface area contributed by atoms with Gasteiger partial charge in [0.2, 0.25) is 5.91 Å². The number of aryl methyl sites for hydroxylation is 3. The Morgan fingerprint density at radius 3 is 2.79 bits per heavy atom. The van der Waals surface area contributed by atoms with Gasteiger partial charge in [-0.1, -0.05) is 6.07 Å². The van der Waals surface area contributed by atoms with Crippen molar-refractivity contribution in [2.75, 3.05) is 31.5 Å². The second-order valence-corrected chi connectivity index (χ2v) is 9.93. The van der Waals surface area contributed by atoms with Crippen LogP contribution in [0.1, 0.15) is 56.0 Å². The van der Waals surface area contributed by atoms with E-state index in [2.05, 4.69) is 42.7 Å². The van der Waals surface area contributed by atoms with Gasteiger partial charge in [-0.15, -0.1) is 0 Å². The number of carboxylic acids is 1. The maximum absolute atomic E-state index is 12.0. The summed E-state index contributed by atoms with van der Waals surface area (Å²) in [5.41, 5.74) is 3.81. The number of nitrogens with one attached hydrogen (secondary N) is 2. The molecule has 0 bridgehead atoms. The highest BCUT2D eigenvalue weighted by Gasteiger charge is 2.20. The van der Waals surface area contributed by atoms with Gasteiger partial charge in [0.1, 0.15) is 18.2 Å². The van der Waals surface area contributed by atoms with Crippen LogP contribution in [0.2, 0.25) is 0 Å². The molecule has 3 aromatic rings. The van der Waals surface area contributed by atoms with Crippen molar-refractivity contribution < 1.29 is 14.7 Å². The van der Waals surface area contributed by atoms with E-state index in [0.717, 1.165) is 44.3 Å². The maximum atomic E-state index is 12.0. The standard InChI is InChI=1S/C28H38N8O3/c1-21(37)29-14-18-35(15-5-4-8-23-11-10-22-7-2-3-9-24(22)33-23)17-12-25(28(38)39)34-26-19-27(31-20-30-26)36-16-6-13-32-36/h6,10-11,13,16,19-20,25H,2-5,7-9,12,14-15,17-18H2,1H3,(H,29,37)(H,38,39)(H,30,31,34)/t25-/m0/s1. The summed E-state index contributed by atoms with van der Waals surface area (Å²) in [5, 5.41) is 19.9. The number of carboxylic acid groups (broad SMARTS) is 1. The van der Waals surface area contributed by atoms with Crippen LogP contribution < -0.4 is 10.6 Å². The van der Waals surface area contributed by atoms with Gasteiger partial charge in [-0.2, -0.15) is 5.10 Å². The molecule has 208 valence electrons. The third-order valence-corrected chi connectivity index (χ3v) is 6.94. The molecule has 1 atom stereocenters. The van der Waals surface area contributed by atoms with E-state index in [0.29, 0.717) is 37.7 Å². The predicted molar refractivity (Wildman–Crippen MR) is 148 cm³/mol. The van der Waals surface area contributed by atoms with Crippen LogP contribution in [-0.4, -0.2) is 78.8 Å². The zero-order valence-corrected chi connectivity index (χ0v) is 22.6. The van der Waals surface area contributed by atoms with E-state index in [-0.39, 0.29) is 5.91 Å². The Balaban J connectivity index is 1.29. The molecule has 0 unspecified atom stereocenters. The van der Waals surface area contributed by atoms with Crippen LogP contribution in [0, 0.1) is 0 Å². The molecule has 3 heterocycles. The van der Waals surface area contributed by atoms with E-state index in [4.69, 9.17) is 4.98 Å². The lowest BCUT2D eigenvalue weighted by Crippen LogP contribution is -2.39. The van der Waals surface area contributed by atoms with Gasteiger partial charge in [-0.3, -0.25) is 9.78 Å². The van der Waals surface area contributed by atoms with Crippen LogP contribution in [0.25, 0.3) is 5.82 Å². The molecular formula is C28H38N8O3. The molecular weight excluding hydrogens is 496 g/mol. The average molecular weight is 535 g/mol. The minimum atomic E-state index is -0.949. The van der Waals surface area contributed by atoms with E-state index >= 15 is 0 Å². The Kier molecular flexibility index (Phi) is 10.4. The minimum Gasteiger partial charge on any atom is -0.480 e. The summed E-state index contributed by atoms with van der Waals surface area (Å²) in [7, 11) is 0. The van der Waals surface area contributed by atoms with Gasteiger partial charge in [0.15, 0.2) is 5.82 Å². The molecule has 1 aliphatic carbocycles. The summed E-state index contributed by atoms with van der Waals surface area (Å²) >= 11 is 0. The Morgan fingerprint density at radius 2 is 2.00 bits per heavy atom. The molecule has 1 amide bonds. The van der Waals surface area contributed by atoms with Gasteiger partial charge >= 0.3 is 5.97 Å². The largest absolute Gasteiger partial charge is 0.480 e. The van der Waals surface area contributed by atoms with E-state index in [1.54, 1.807) is 29.2 Å². The van der Waals surface area contributed by atoms with Gasteiger partial charge in [0, 0.05) is 56.4 Å². The van der Waals surface area contributed by atoms with Crippen molar-refractivity contribution in [3.05, 3.63) is 59.9 Å². The number of carbonyl (C=O) groups excluding carboxylic acids is 1. The third kappa shape index (κ3) is 8.85. The van der Waals surface area contributed by atoms with E-state index in [1.807, 2.05) is 0 Å². The molecule has 0 saturated carbocycles. The first kappa shape index (κ1) is 28.2. The highest BCUT2D eigenvalue weighted by molar-refractivity contribution is 5.77. The molecule has 0 fully saturated rings. The zero-order valence-electron chi connectivity index (χ0n) is 22.6. The fraction of sp³-hybridized carbons (Fsp3) is 0.500. The number of unbranched alkanes of at least 4 members (excludes halogenated alkanes) is 1. The Hall–Kier alpha value is -3.86. The summed E-state index contributed by atoms with van der Waals surface area (Å²) in [6, 6.07) is 7.03. The van der Waals surface area contributed by atoms with E-state index in [1.165, 1.54) is 37.4 Å². The van der Waals surface area contributed by atoms with Gasteiger partial charge in [-0.25, -0.2) is 19.4 Å². The van der Waals surface area contributed by atoms with Crippen molar-refractivity contribution in [1.82, 2.24) is 34.9 Å². The van der Waals surface area contributed by atoms with Crippen LogP contribution in [-0.2, 0) is 28.9 Å². The van der Waals surface area contributed by atoms with Gasteiger partial charge in [0.25, 0.3) is 0 Å². The molecule has 11 nitrogen and oxygen atoms in total. The van der Waals surface area contributed by atoms with Gasteiger partial charge in [0.05, 0.1) is 0 Å². The second-order valence-electron chi connectivity index (χ2n) is 9.93. The van der Waals surface area contributed by atoms with Crippen molar-refractivity contribution in [3.63, 3.8) is 0 Å². The number of aliphatic carboxylic acids is 1. The Bertz CT molecular complexity index is 1220. The van der Waals surface area contributed by atoms with Crippen LogP contribution in [0.3, 0.4) is 0 Å². The third-order valence-electron chi connectivity index (χ3n) is 6.94. The summed E-state index contributed by atoms with van der Waals surface area (Å²) < 4.78 is 1.59. The summed E-state index contributed by atoms with van der Waals surface area (Å²) in [6.07, 6.45) is 12.8. The molecule has 4 rings (SSSR count). The number of hydrogen-bond acceptors (Lipinski definition) is 8. The number of pyridine rings is 1. The van der Waals surface area contributed by atoms with Crippen LogP contribution in [0.5, 0.6) is 0 Å². The van der Waals surface area contributed by atoms with E-state index in [9.17, 15) is 14.7 Å². The topological polar surface area (TPSA) is 138 Å². The van der Waals surface area contributed by atoms with Crippen molar-refractivity contribution in [3.8, 4) is 5.82 Å². The minimum absolute atomic E-state index is 0.0738. The van der Waals surface area contributed by atoms with Crippen LogP contribution in [0.4, 0.5) is 5.82 Å². The summed E-state index contributed by atoms with van der Waals surface area (Å²) in [6.45, 7) is 4.05. The normalized spacial score (nSPS) is 13.6. The van der Waals surface area contributed by atoms with Crippen LogP contribution in [0.15, 0.2) is 43.0 Å². The lowest BCUT2D eigenvalue weighted by atomic mass is 9.95. The van der Waals surface area contributed by atoms with Crippen LogP contribution >= 0.6 is 0 Å². The maximum Gasteiger partial charge on any atom is 0.326 e. The molecule has 11 heteroatoms. The number of rotatable bonds is 15. The number of carbonyl (C=O) groups is 2. The molecule has 3 aromatic heterocycles. The molecule has 39 heavy (non-hydrogen) atoms.